The molecule has 0 atom stereocenters. The van der Waals surface area contributed by atoms with Crippen LogP contribution in [0.3, 0.4) is 0 Å². The number of halogens is 1. The van der Waals surface area contributed by atoms with Crippen LogP contribution >= 0.6 is 11.6 Å². The summed E-state index contributed by atoms with van der Waals surface area (Å²) in [6.07, 6.45) is 0. The summed E-state index contributed by atoms with van der Waals surface area (Å²) in [5, 5.41) is 4.00. The van der Waals surface area contributed by atoms with Crippen molar-refractivity contribution in [3.8, 4) is 5.75 Å². The van der Waals surface area contributed by atoms with Crippen molar-refractivity contribution in [1.82, 2.24) is 9.97 Å². The van der Waals surface area contributed by atoms with Crippen LogP contribution in [0.4, 0.5) is 5.95 Å². The smallest absolute Gasteiger partial charge is 0.201 e. The van der Waals surface area contributed by atoms with Gasteiger partial charge in [-0.3, -0.25) is 0 Å². The van der Waals surface area contributed by atoms with E-state index in [1.54, 1.807) is 7.11 Å². The molecule has 1 aromatic heterocycles. The number of H-pyrrole nitrogens is 1. The van der Waals surface area contributed by atoms with Crippen molar-refractivity contribution in [2.45, 2.75) is 6.54 Å². The van der Waals surface area contributed by atoms with Crippen molar-refractivity contribution in [3.63, 3.8) is 0 Å². The molecule has 2 aromatic carbocycles. The number of hydrogen-bond donors (Lipinski definition) is 2. The molecule has 1 heterocycles. The molecule has 0 fully saturated rings. The highest BCUT2D eigenvalue weighted by Crippen LogP contribution is 2.20. The van der Waals surface area contributed by atoms with Gasteiger partial charge in [0.2, 0.25) is 5.95 Å². The molecule has 4 nitrogen and oxygen atoms in total. The van der Waals surface area contributed by atoms with E-state index in [1.807, 2.05) is 42.5 Å². The predicted octanol–water partition coefficient (Wildman–Crippen LogP) is 3.84. The van der Waals surface area contributed by atoms with E-state index < -0.39 is 0 Å². The van der Waals surface area contributed by atoms with Crippen LogP contribution in [0, 0.1) is 0 Å². The fraction of sp³-hybridized carbons (Fsp3) is 0.133. The van der Waals surface area contributed by atoms with E-state index in [2.05, 4.69) is 15.3 Å². The average molecular weight is 288 g/mol. The Morgan fingerprint density at radius 1 is 1.20 bits per heavy atom. The lowest BCUT2D eigenvalue weighted by atomic mass is 10.2. The molecule has 102 valence electrons. The number of fused-ring (bicyclic) bond motifs is 1. The number of anilines is 1. The lowest BCUT2D eigenvalue weighted by molar-refractivity contribution is 0.415. The molecule has 0 aliphatic rings. The van der Waals surface area contributed by atoms with Crippen LogP contribution in [0.2, 0.25) is 5.02 Å². The first-order valence-corrected chi connectivity index (χ1v) is 6.64. The lowest BCUT2D eigenvalue weighted by Gasteiger charge is -2.02. The van der Waals surface area contributed by atoms with E-state index in [1.165, 1.54) is 0 Å². The Morgan fingerprint density at radius 3 is 2.75 bits per heavy atom. The summed E-state index contributed by atoms with van der Waals surface area (Å²) >= 11 is 5.86. The van der Waals surface area contributed by atoms with Gasteiger partial charge in [-0.05, 0) is 29.8 Å². The largest absolute Gasteiger partial charge is 0.497 e. The second-order valence-electron chi connectivity index (χ2n) is 4.45. The van der Waals surface area contributed by atoms with Crippen LogP contribution in [0.25, 0.3) is 11.0 Å². The lowest BCUT2D eigenvalue weighted by Crippen LogP contribution is -2.00. The summed E-state index contributed by atoms with van der Waals surface area (Å²) in [7, 11) is 1.65. The van der Waals surface area contributed by atoms with Crippen LogP contribution in [0.15, 0.2) is 42.5 Å². The zero-order valence-electron chi connectivity index (χ0n) is 11.0. The minimum atomic E-state index is 0.689. The van der Waals surface area contributed by atoms with Crippen molar-refractivity contribution >= 4 is 28.6 Å². The van der Waals surface area contributed by atoms with Gasteiger partial charge in [0, 0.05) is 17.6 Å². The van der Waals surface area contributed by atoms with E-state index in [0.717, 1.165) is 33.3 Å². The molecular formula is C15H14ClN3O. The zero-order chi connectivity index (χ0) is 13.9. The molecule has 20 heavy (non-hydrogen) atoms. The molecule has 0 saturated carbocycles. The van der Waals surface area contributed by atoms with Crippen molar-refractivity contribution in [1.29, 1.82) is 0 Å². The minimum absolute atomic E-state index is 0.689. The third-order valence-corrected chi connectivity index (χ3v) is 3.31. The Balaban J connectivity index is 1.75. The second kappa shape index (κ2) is 5.43. The van der Waals surface area contributed by atoms with Gasteiger partial charge in [0.15, 0.2) is 0 Å². The average Bonchev–Trinajstić information content (AvgIpc) is 2.88. The quantitative estimate of drug-likeness (QED) is 0.766. The molecule has 5 heteroatoms. The summed E-state index contributed by atoms with van der Waals surface area (Å²) in [6.45, 7) is 0.689. The summed E-state index contributed by atoms with van der Waals surface area (Å²) in [6, 6.07) is 13.5. The zero-order valence-corrected chi connectivity index (χ0v) is 11.7. The summed E-state index contributed by atoms with van der Waals surface area (Å²) in [4.78, 5) is 7.70. The Labute approximate surface area is 121 Å². The first kappa shape index (κ1) is 12.8. The molecule has 2 N–H and O–H groups in total. The highest BCUT2D eigenvalue weighted by atomic mass is 35.5. The third kappa shape index (κ3) is 2.70. The molecule has 3 rings (SSSR count). The molecule has 0 bridgehead atoms. The van der Waals surface area contributed by atoms with Gasteiger partial charge in [0.25, 0.3) is 0 Å². The molecule has 0 aliphatic heterocycles. The Bertz CT molecular complexity index is 722. The minimum Gasteiger partial charge on any atom is -0.497 e. The van der Waals surface area contributed by atoms with Crippen LogP contribution in [-0.2, 0) is 6.54 Å². The van der Waals surface area contributed by atoms with Crippen molar-refractivity contribution in [2.24, 2.45) is 0 Å². The summed E-state index contributed by atoms with van der Waals surface area (Å²) < 4.78 is 5.19. The molecule has 0 amide bonds. The summed E-state index contributed by atoms with van der Waals surface area (Å²) in [5.41, 5.74) is 3.00. The van der Waals surface area contributed by atoms with Crippen LogP contribution in [-0.4, -0.2) is 17.1 Å². The standard InChI is InChI=1S/C15H14ClN3O/c1-20-12-6-7-13-14(8-12)19-15(18-13)17-9-10-2-4-11(16)5-3-10/h2-8H,9H2,1H3,(H2,17,18,19). The van der Waals surface area contributed by atoms with E-state index in [4.69, 9.17) is 16.3 Å². The monoisotopic (exact) mass is 287 g/mol. The molecule has 0 saturated heterocycles. The predicted molar refractivity (Wildman–Crippen MR) is 81.4 cm³/mol. The van der Waals surface area contributed by atoms with E-state index in [-0.39, 0.29) is 0 Å². The number of nitrogens with one attached hydrogen (secondary N) is 2. The van der Waals surface area contributed by atoms with Crippen molar-refractivity contribution < 1.29 is 4.74 Å². The SMILES string of the molecule is COc1ccc2nc(NCc3ccc(Cl)cc3)[nH]c2c1. The molecule has 0 unspecified atom stereocenters. The Morgan fingerprint density at radius 2 is 2.00 bits per heavy atom. The number of aromatic amines is 1. The first-order chi connectivity index (χ1) is 9.74. The number of methoxy groups -OCH3 is 1. The maximum absolute atomic E-state index is 5.86. The van der Waals surface area contributed by atoms with Crippen molar-refractivity contribution in [2.75, 3.05) is 12.4 Å². The van der Waals surface area contributed by atoms with Gasteiger partial charge in [-0.2, -0.15) is 0 Å². The molecule has 0 aliphatic carbocycles. The number of hydrogen-bond acceptors (Lipinski definition) is 3. The van der Waals surface area contributed by atoms with Gasteiger partial charge >= 0.3 is 0 Å². The van der Waals surface area contributed by atoms with Crippen molar-refractivity contribution in [3.05, 3.63) is 53.1 Å². The molecule has 3 aromatic rings. The number of ether oxygens (including phenoxy) is 1. The third-order valence-electron chi connectivity index (χ3n) is 3.06. The van der Waals surface area contributed by atoms with Gasteiger partial charge in [0.05, 0.1) is 18.1 Å². The number of aromatic nitrogens is 2. The number of nitrogens with zero attached hydrogens (tertiary/aromatic N) is 1. The van der Waals surface area contributed by atoms with Gasteiger partial charge in [-0.1, -0.05) is 23.7 Å². The fourth-order valence-electron chi connectivity index (χ4n) is 1.99. The van der Waals surface area contributed by atoms with Gasteiger partial charge < -0.3 is 15.0 Å². The second-order valence-corrected chi connectivity index (χ2v) is 4.88. The topological polar surface area (TPSA) is 49.9 Å². The Kier molecular flexibility index (Phi) is 3.48. The van der Waals surface area contributed by atoms with Gasteiger partial charge in [-0.25, -0.2) is 4.98 Å². The van der Waals surface area contributed by atoms with Gasteiger partial charge in [0.1, 0.15) is 5.75 Å². The fourth-order valence-corrected chi connectivity index (χ4v) is 2.11. The van der Waals surface area contributed by atoms with E-state index >= 15 is 0 Å². The summed E-state index contributed by atoms with van der Waals surface area (Å²) in [5.74, 6) is 1.55. The number of rotatable bonds is 4. The van der Waals surface area contributed by atoms with Crippen LogP contribution < -0.4 is 10.1 Å². The van der Waals surface area contributed by atoms with E-state index in [0.29, 0.717) is 6.54 Å². The Hall–Kier alpha value is -2.20. The molecule has 0 radical (unpaired) electrons. The highest BCUT2D eigenvalue weighted by Gasteiger charge is 2.03. The normalized spacial score (nSPS) is 10.7. The van der Waals surface area contributed by atoms with Gasteiger partial charge in [-0.15, -0.1) is 0 Å². The number of benzene rings is 2. The first-order valence-electron chi connectivity index (χ1n) is 6.27. The van der Waals surface area contributed by atoms with Crippen LogP contribution in [0.5, 0.6) is 5.75 Å². The van der Waals surface area contributed by atoms with E-state index in [9.17, 15) is 0 Å². The number of imidazole rings is 1. The molecule has 0 spiro atoms. The molecular weight excluding hydrogens is 274 g/mol. The van der Waals surface area contributed by atoms with Crippen LogP contribution in [0.1, 0.15) is 5.56 Å². The maximum Gasteiger partial charge on any atom is 0.201 e. The highest BCUT2D eigenvalue weighted by molar-refractivity contribution is 6.30. The maximum atomic E-state index is 5.86.